The number of nitrogens with zero attached hydrogens (tertiary/aromatic N) is 2. The monoisotopic (exact) mass is 489 g/mol. The van der Waals surface area contributed by atoms with E-state index >= 15 is 0 Å². The highest BCUT2D eigenvalue weighted by atomic mass is 32.2. The molecule has 1 aliphatic rings. The molecule has 0 bridgehead atoms. The maximum Gasteiger partial charge on any atom is 0.271 e. The molecule has 3 aromatic rings. The van der Waals surface area contributed by atoms with Crippen molar-refractivity contribution in [2.24, 2.45) is 5.10 Å². The van der Waals surface area contributed by atoms with Crippen molar-refractivity contribution in [2.45, 2.75) is 18.8 Å². The normalized spacial score (nSPS) is 15.7. The van der Waals surface area contributed by atoms with Gasteiger partial charge in [0.15, 0.2) is 11.5 Å². The summed E-state index contributed by atoms with van der Waals surface area (Å²) < 4.78 is 10.6. The summed E-state index contributed by atoms with van der Waals surface area (Å²) in [5, 5.41) is 4.16. The number of nitrogens with one attached hydrogen (secondary N) is 1. The smallest absolute Gasteiger partial charge is 0.271 e. The van der Waals surface area contributed by atoms with Crippen molar-refractivity contribution in [1.82, 2.24) is 10.3 Å². The predicted molar refractivity (Wildman–Crippen MR) is 138 cm³/mol. The Morgan fingerprint density at radius 3 is 2.37 bits per heavy atom. The number of hydrogen-bond acceptors (Lipinski definition) is 6. The molecule has 1 saturated heterocycles. The van der Waals surface area contributed by atoms with Crippen LogP contribution in [0.3, 0.4) is 0 Å². The van der Waals surface area contributed by atoms with E-state index in [9.17, 15) is 9.59 Å². The lowest BCUT2D eigenvalue weighted by atomic mass is 10.1. The molecule has 2 amide bonds. The number of thioether (sulfide) groups is 1. The van der Waals surface area contributed by atoms with Crippen molar-refractivity contribution >= 4 is 29.3 Å². The van der Waals surface area contributed by atoms with Crippen LogP contribution in [0, 0.1) is 0 Å². The third-order valence-electron chi connectivity index (χ3n) is 5.75. The summed E-state index contributed by atoms with van der Waals surface area (Å²) in [7, 11) is 3.15. The molecule has 0 aromatic heterocycles. The molecule has 7 nitrogen and oxygen atoms in total. The molecule has 1 heterocycles. The van der Waals surface area contributed by atoms with Gasteiger partial charge in [0.2, 0.25) is 5.91 Å². The van der Waals surface area contributed by atoms with E-state index in [-0.39, 0.29) is 17.2 Å². The Morgan fingerprint density at radius 2 is 1.69 bits per heavy atom. The van der Waals surface area contributed by atoms with Crippen molar-refractivity contribution in [1.29, 1.82) is 0 Å². The van der Waals surface area contributed by atoms with Crippen LogP contribution in [0.1, 0.15) is 39.3 Å². The van der Waals surface area contributed by atoms with E-state index < -0.39 is 0 Å². The quantitative estimate of drug-likeness (QED) is 0.369. The fourth-order valence-corrected chi connectivity index (χ4v) is 4.99. The van der Waals surface area contributed by atoms with Crippen LogP contribution in [-0.2, 0) is 11.3 Å². The van der Waals surface area contributed by atoms with Crippen LogP contribution in [0.5, 0.6) is 11.5 Å². The first-order valence-corrected chi connectivity index (χ1v) is 12.2. The van der Waals surface area contributed by atoms with Crippen molar-refractivity contribution in [2.75, 3.05) is 20.0 Å². The summed E-state index contributed by atoms with van der Waals surface area (Å²) in [6.45, 7) is 2.37. The van der Waals surface area contributed by atoms with Crippen molar-refractivity contribution in [3.63, 3.8) is 0 Å². The highest BCUT2D eigenvalue weighted by Crippen LogP contribution is 2.39. The van der Waals surface area contributed by atoms with E-state index in [1.807, 2.05) is 53.4 Å². The number of hydrogen-bond donors (Lipinski definition) is 1. The van der Waals surface area contributed by atoms with Gasteiger partial charge in [-0.1, -0.05) is 42.5 Å². The molecule has 3 aromatic carbocycles. The van der Waals surface area contributed by atoms with E-state index in [1.54, 1.807) is 57.2 Å². The van der Waals surface area contributed by atoms with Gasteiger partial charge in [-0.2, -0.15) is 5.10 Å². The van der Waals surface area contributed by atoms with Gasteiger partial charge in [0.1, 0.15) is 5.37 Å². The maximum absolute atomic E-state index is 12.7. The zero-order valence-electron chi connectivity index (χ0n) is 19.9. The molecular formula is C27H27N3O4S. The molecule has 1 fully saturated rings. The Kier molecular flexibility index (Phi) is 7.72. The van der Waals surface area contributed by atoms with Gasteiger partial charge in [-0.05, 0) is 48.4 Å². The third-order valence-corrected chi connectivity index (χ3v) is 7.00. The molecule has 0 aliphatic carbocycles. The van der Waals surface area contributed by atoms with Crippen LogP contribution in [-0.4, -0.2) is 42.4 Å². The minimum atomic E-state index is -0.312. The molecule has 0 radical (unpaired) electrons. The van der Waals surface area contributed by atoms with Gasteiger partial charge in [-0.3, -0.25) is 9.59 Å². The number of benzene rings is 3. The Labute approximate surface area is 209 Å². The molecule has 1 atom stereocenters. The van der Waals surface area contributed by atoms with Crippen LogP contribution in [0.4, 0.5) is 0 Å². The molecule has 1 aliphatic heterocycles. The zero-order valence-corrected chi connectivity index (χ0v) is 20.7. The first kappa shape index (κ1) is 24.3. The van der Waals surface area contributed by atoms with Crippen LogP contribution in [0.2, 0.25) is 0 Å². The zero-order chi connectivity index (χ0) is 24.8. The SMILES string of the molecule is COc1ccc(/C(C)=N/NC(=O)c2ccc(C3SCC(=O)N3Cc3ccccc3)cc2)cc1OC. The van der Waals surface area contributed by atoms with Crippen molar-refractivity contribution < 1.29 is 19.1 Å². The van der Waals surface area contributed by atoms with Crippen molar-refractivity contribution in [3.05, 3.63) is 95.1 Å². The summed E-state index contributed by atoms with van der Waals surface area (Å²) in [6, 6.07) is 22.7. The second-order valence-corrected chi connectivity index (χ2v) is 9.07. The standard InChI is InChI=1S/C27H27N3O4S/c1-18(22-13-14-23(33-2)24(15-22)34-3)28-29-26(32)20-9-11-21(12-10-20)27-30(25(31)17-35-27)16-19-7-5-4-6-8-19/h4-15,27H,16-17H2,1-3H3,(H,29,32)/b28-18+. The molecule has 180 valence electrons. The van der Waals surface area contributed by atoms with Crippen LogP contribution in [0.25, 0.3) is 0 Å². The largest absolute Gasteiger partial charge is 0.493 e. The Balaban J connectivity index is 1.43. The Bertz CT molecular complexity index is 1230. The second kappa shape index (κ2) is 11.1. The van der Waals surface area contributed by atoms with E-state index in [0.29, 0.717) is 35.1 Å². The van der Waals surface area contributed by atoms with Crippen molar-refractivity contribution in [3.8, 4) is 11.5 Å². The number of carbonyl (C=O) groups is 2. The average molecular weight is 490 g/mol. The number of amides is 2. The van der Waals surface area contributed by atoms with E-state index in [2.05, 4.69) is 10.5 Å². The summed E-state index contributed by atoms with van der Waals surface area (Å²) in [4.78, 5) is 27.0. The maximum atomic E-state index is 12.7. The second-order valence-electron chi connectivity index (χ2n) is 8.00. The molecule has 1 unspecified atom stereocenters. The lowest BCUT2D eigenvalue weighted by Crippen LogP contribution is -2.27. The fourth-order valence-electron chi connectivity index (χ4n) is 3.81. The molecule has 0 saturated carbocycles. The predicted octanol–water partition coefficient (Wildman–Crippen LogP) is 4.63. The van der Waals surface area contributed by atoms with Gasteiger partial charge >= 0.3 is 0 Å². The molecule has 0 spiro atoms. The van der Waals surface area contributed by atoms with Gasteiger partial charge in [0, 0.05) is 17.7 Å². The Hall–Kier alpha value is -3.78. The summed E-state index contributed by atoms with van der Waals surface area (Å²) in [6.07, 6.45) is 0. The van der Waals surface area contributed by atoms with Gasteiger partial charge < -0.3 is 14.4 Å². The first-order valence-electron chi connectivity index (χ1n) is 11.1. The number of rotatable bonds is 8. The lowest BCUT2D eigenvalue weighted by molar-refractivity contribution is -0.128. The summed E-state index contributed by atoms with van der Waals surface area (Å²) in [5.74, 6) is 1.46. The minimum absolute atomic E-state index is 0.0786. The number of carbonyl (C=O) groups excluding carboxylic acids is 2. The topological polar surface area (TPSA) is 80.2 Å². The molecule has 4 rings (SSSR count). The van der Waals surface area contributed by atoms with E-state index in [1.165, 1.54) is 0 Å². The third kappa shape index (κ3) is 5.66. The van der Waals surface area contributed by atoms with Crippen LogP contribution >= 0.6 is 11.8 Å². The van der Waals surface area contributed by atoms with Crippen LogP contribution in [0.15, 0.2) is 77.9 Å². The minimum Gasteiger partial charge on any atom is -0.493 e. The molecule has 35 heavy (non-hydrogen) atoms. The molecule has 1 N–H and O–H groups in total. The van der Waals surface area contributed by atoms with Gasteiger partial charge in [0.25, 0.3) is 5.91 Å². The summed E-state index contributed by atoms with van der Waals surface area (Å²) in [5.41, 5.74) is 6.61. The summed E-state index contributed by atoms with van der Waals surface area (Å²) >= 11 is 1.60. The first-order chi connectivity index (χ1) is 17.0. The highest BCUT2D eigenvalue weighted by Gasteiger charge is 2.32. The van der Waals surface area contributed by atoms with Crippen LogP contribution < -0.4 is 14.9 Å². The molecular weight excluding hydrogens is 462 g/mol. The van der Waals surface area contributed by atoms with Gasteiger partial charge in [-0.15, -0.1) is 11.8 Å². The van der Waals surface area contributed by atoms with E-state index in [4.69, 9.17) is 9.47 Å². The van der Waals surface area contributed by atoms with Gasteiger partial charge in [-0.25, -0.2) is 5.43 Å². The number of hydrazone groups is 1. The number of methoxy groups -OCH3 is 2. The number of ether oxygens (including phenoxy) is 2. The lowest BCUT2D eigenvalue weighted by Gasteiger charge is -2.24. The fraction of sp³-hybridized carbons (Fsp3) is 0.222. The van der Waals surface area contributed by atoms with E-state index in [0.717, 1.165) is 16.7 Å². The Morgan fingerprint density at radius 1 is 1.00 bits per heavy atom. The van der Waals surface area contributed by atoms with Gasteiger partial charge in [0.05, 0.1) is 25.7 Å². The molecule has 8 heteroatoms. The highest BCUT2D eigenvalue weighted by molar-refractivity contribution is 8.00. The average Bonchev–Trinajstić information content (AvgIpc) is 3.26.